The molecular formula is C29H28ClN3O5S2. The summed E-state index contributed by atoms with van der Waals surface area (Å²) in [5.74, 6) is -0.594. The van der Waals surface area contributed by atoms with Gasteiger partial charge in [0.15, 0.2) is 0 Å². The van der Waals surface area contributed by atoms with Crippen LogP contribution < -0.4 is 14.3 Å². The van der Waals surface area contributed by atoms with Crippen molar-refractivity contribution in [2.24, 2.45) is 0 Å². The molecular weight excluding hydrogens is 570 g/mol. The minimum absolute atomic E-state index is 0.0147. The molecule has 0 spiro atoms. The maximum Gasteiger partial charge on any atom is 0.264 e. The summed E-state index contributed by atoms with van der Waals surface area (Å²) in [5, 5.41) is 3.14. The van der Waals surface area contributed by atoms with Gasteiger partial charge in [-0.1, -0.05) is 35.4 Å². The lowest BCUT2D eigenvalue weighted by Gasteiger charge is -2.25. The van der Waals surface area contributed by atoms with E-state index in [2.05, 4.69) is 10.0 Å². The van der Waals surface area contributed by atoms with Crippen LogP contribution in [0.1, 0.15) is 16.7 Å². The van der Waals surface area contributed by atoms with Gasteiger partial charge >= 0.3 is 0 Å². The Morgan fingerprint density at radius 2 is 1.30 bits per heavy atom. The van der Waals surface area contributed by atoms with Crippen LogP contribution in [0, 0.1) is 20.8 Å². The summed E-state index contributed by atoms with van der Waals surface area (Å²) in [6.07, 6.45) is 0. The molecule has 40 heavy (non-hydrogen) atoms. The molecule has 2 N–H and O–H groups in total. The fourth-order valence-electron chi connectivity index (χ4n) is 3.81. The molecule has 0 aromatic heterocycles. The highest BCUT2D eigenvalue weighted by atomic mass is 35.5. The third-order valence-electron chi connectivity index (χ3n) is 6.22. The number of carbonyl (C=O) groups excluding carboxylic acids is 1. The normalized spacial score (nSPS) is 11.6. The smallest absolute Gasteiger partial charge is 0.264 e. The van der Waals surface area contributed by atoms with Crippen LogP contribution in [0.2, 0.25) is 5.02 Å². The summed E-state index contributed by atoms with van der Waals surface area (Å²) in [4.78, 5) is 13.1. The molecule has 0 aliphatic heterocycles. The minimum atomic E-state index is -4.07. The Hall–Kier alpha value is -3.86. The van der Waals surface area contributed by atoms with Crippen LogP contribution in [0.15, 0.2) is 101 Å². The molecule has 0 heterocycles. The first-order valence-electron chi connectivity index (χ1n) is 12.2. The van der Waals surface area contributed by atoms with Crippen LogP contribution in [0.3, 0.4) is 0 Å². The number of hydrogen-bond acceptors (Lipinski definition) is 5. The van der Waals surface area contributed by atoms with E-state index in [1.165, 1.54) is 36.4 Å². The van der Waals surface area contributed by atoms with Gasteiger partial charge in [0.25, 0.3) is 20.0 Å². The summed E-state index contributed by atoms with van der Waals surface area (Å²) < 4.78 is 56.2. The molecule has 0 aliphatic rings. The van der Waals surface area contributed by atoms with E-state index in [1.54, 1.807) is 54.6 Å². The predicted octanol–water partition coefficient (Wildman–Crippen LogP) is 5.90. The van der Waals surface area contributed by atoms with Gasteiger partial charge in [0.1, 0.15) is 6.54 Å². The second kappa shape index (κ2) is 11.7. The van der Waals surface area contributed by atoms with Crippen molar-refractivity contribution >= 4 is 54.6 Å². The second-order valence-electron chi connectivity index (χ2n) is 9.28. The summed E-state index contributed by atoms with van der Waals surface area (Å²) in [6, 6.07) is 23.4. The summed E-state index contributed by atoms with van der Waals surface area (Å²) >= 11 is 5.85. The predicted molar refractivity (Wildman–Crippen MR) is 159 cm³/mol. The maximum atomic E-state index is 13.6. The van der Waals surface area contributed by atoms with Crippen molar-refractivity contribution in [3.63, 3.8) is 0 Å². The van der Waals surface area contributed by atoms with Crippen LogP contribution in [-0.2, 0) is 24.8 Å². The highest BCUT2D eigenvalue weighted by Crippen LogP contribution is 2.26. The van der Waals surface area contributed by atoms with Crippen LogP contribution in [0.25, 0.3) is 0 Å². The zero-order valence-corrected chi connectivity index (χ0v) is 24.4. The van der Waals surface area contributed by atoms with Gasteiger partial charge in [-0.2, -0.15) is 0 Å². The second-order valence-corrected chi connectivity index (χ2v) is 13.3. The molecule has 0 aliphatic carbocycles. The zero-order chi connectivity index (χ0) is 29.1. The highest BCUT2D eigenvalue weighted by Gasteiger charge is 2.27. The van der Waals surface area contributed by atoms with E-state index in [1.807, 2.05) is 20.8 Å². The molecule has 208 valence electrons. The molecule has 8 nitrogen and oxygen atoms in total. The first-order valence-corrected chi connectivity index (χ1v) is 15.5. The van der Waals surface area contributed by atoms with Crippen LogP contribution in [-0.4, -0.2) is 29.3 Å². The van der Waals surface area contributed by atoms with Gasteiger partial charge < -0.3 is 5.32 Å². The fourth-order valence-corrected chi connectivity index (χ4v) is 6.41. The number of anilines is 3. The van der Waals surface area contributed by atoms with Crippen molar-refractivity contribution in [2.75, 3.05) is 20.9 Å². The number of amides is 1. The average molecular weight is 598 g/mol. The van der Waals surface area contributed by atoms with Crippen molar-refractivity contribution < 1.29 is 21.6 Å². The molecule has 11 heteroatoms. The van der Waals surface area contributed by atoms with Crippen LogP contribution in [0.5, 0.6) is 0 Å². The topological polar surface area (TPSA) is 113 Å². The van der Waals surface area contributed by atoms with E-state index in [9.17, 15) is 21.6 Å². The lowest BCUT2D eigenvalue weighted by molar-refractivity contribution is -0.114. The summed E-state index contributed by atoms with van der Waals surface area (Å²) in [6.45, 7) is 5.15. The van der Waals surface area contributed by atoms with Gasteiger partial charge in [-0.3, -0.25) is 13.8 Å². The van der Waals surface area contributed by atoms with Crippen molar-refractivity contribution in [1.29, 1.82) is 0 Å². The van der Waals surface area contributed by atoms with Gasteiger partial charge in [-0.25, -0.2) is 16.8 Å². The van der Waals surface area contributed by atoms with E-state index in [4.69, 9.17) is 11.6 Å². The molecule has 1 amide bonds. The largest absolute Gasteiger partial charge is 0.325 e. The van der Waals surface area contributed by atoms with E-state index < -0.39 is 32.5 Å². The van der Waals surface area contributed by atoms with Crippen LogP contribution in [0.4, 0.5) is 17.1 Å². The SMILES string of the molecule is Cc1ccc(S(=O)(=O)N(CC(=O)Nc2ccc(S(=O)(=O)Nc3ccc(Cl)cc3)cc2)c2ccc(C)c(C)c2)cc1. The number of aryl methyl sites for hydroxylation is 3. The fraction of sp³-hybridized carbons (Fsp3) is 0.138. The quantitative estimate of drug-likeness (QED) is 0.249. The number of nitrogens with zero attached hydrogens (tertiary/aromatic N) is 1. The Kier molecular flexibility index (Phi) is 8.53. The number of carbonyl (C=O) groups is 1. The van der Waals surface area contributed by atoms with Gasteiger partial charge in [0.2, 0.25) is 5.91 Å². The molecule has 4 rings (SSSR count). The lowest BCUT2D eigenvalue weighted by Crippen LogP contribution is -2.38. The number of halogens is 1. The first-order chi connectivity index (χ1) is 18.8. The highest BCUT2D eigenvalue weighted by molar-refractivity contribution is 7.93. The Bertz CT molecular complexity index is 1740. The number of hydrogen-bond donors (Lipinski definition) is 2. The van der Waals surface area contributed by atoms with Gasteiger partial charge in [0.05, 0.1) is 15.5 Å². The molecule has 0 fully saturated rings. The third kappa shape index (κ3) is 6.82. The van der Waals surface area contributed by atoms with Gasteiger partial charge in [-0.15, -0.1) is 0 Å². The summed E-state index contributed by atoms with van der Waals surface area (Å²) in [7, 11) is -7.95. The zero-order valence-electron chi connectivity index (χ0n) is 22.1. The molecule has 0 saturated carbocycles. The molecule has 0 bridgehead atoms. The molecule has 0 unspecified atom stereocenters. The Balaban J connectivity index is 1.54. The van der Waals surface area contributed by atoms with E-state index in [0.29, 0.717) is 22.1 Å². The molecule has 0 atom stereocenters. The van der Waals surface area contributed by atoms with E-state index in [0.717, 1.165) is 21.0 Å². The average Bonchev–Trinajstić information content (AvgIpc) is 2.91. The number of nitrogens with one attached hydrogen (secondary N) is 2. The Morgan fingerprint density at radius 3 is 1.90 bits per heavy atom. The standard InChI is InChI=1S/C29H28ClN3O5S2/c1-20-4-14-28(15-5-20)40(37,38)33(26-13-6-21(2)22(3)18-26)19-29(34)31-24-11-16-27(17-12-24)39(35,36)32-25-9-7-23(30)8-10-25/h4-18,32H,19H2,1-3H3,(H,31,34). The maximum absolute atomic E-state index is 13.6. The molecule has 0 radical (unpaired) electrons. The van der Waals surface area contributed by atoms with Gasteiger partial charge in [0, 0.05) is 16.4 Å². The van der Waals surface area contributed by atoms with E-state index in [-0.39, 0.29) is 9.79 Å². The van der Waals surface area contributed by atoms with Gasteiger partial charge in [-0.05, 0) is 105 Å². The molecule has 0 saturated heterocycles. The number of sulfonamides is 2. The van der Waals surface area contributed by atoms with Crippen molar-refractivity contribution in [3.05, 3.63) is 113 Å². The molecule has 4 aromatic rings. The van der Waals surface area contributed by atoms with Crippen molar-refractivity contribution in [1.82, 2.24) is 0 Å². The third-order valence-corrected chi connectivity index (χ3v) is 9.66. The van der Waals surface area contributed by atoms with Crippen LogP contribution >= 0.6 is 11.6 Å². The monoisotopic (exact) mass is 597 g/mol. The minimum Gasteiger partial charge on any atom is -0.325 e. The Labute approximate surface area is 239 Å². The first kappa shape index (κ1) is 29.1. The van der Waals surface area contributed by atoms with E-state index >= 15 is 0 Å². The number of rotatable bonds is 9. The number of benzene rings is 4. The lowest BCUT2D eigenvalue weighted by atomic mass is 10.1. The van der Waals surface area contributed by atoms with Crippen molar-refractivity contribution in [2.45, 2.75) is 30.6 Å². The Morgan fingerprint density at radius 1 is 0.725 bits per heavy atom. The van der Waals surface area contributed by atoms with Crippen molar-refractivity contribution in [3.8, 4) is 0 Å². The molecule has 4 aromatic carbocycles. The summed E-state index contributed by atoms with van der Waals surface area (Å²) in [5.41, 5.74) is 3.79.